The van der Waals surface area contributed by atoms with Gasteiger partial charge in [0.25, 0.3) is 0 Å². The summed E-state index contributed by atoms with van der Waals surface area (Å²) in [5.41, 5.74) is 5.62. The van der Waals surface area contributed by atoms with Gasteiger partial charge in [0.1, 0.15) is 11.5 Å². The van der Waals surface area contributed by atoms with Gasteiger partial charge in [0, 0.05) is 22.8 Å². The molecule has 4 aromatic rings. The first-order chi connectivity index (χ1) is 12.2. The van der Waals surface area contributed by atoms with Crippen LogP contribution in [0.1, 0.15) is 5.56 Å². The Morgan fingerprint density at radius 2 is 1.80 bits per heavy atom. The number of nitrogens with zero attached hydrogens (tertiary/aromatic N) is 2. The minimum atomic E-state index is -0.252. The number of nitriles is 1. The minimum Gasteiger partial charge on any atom is -0.339 e. The van der Waals surface area contributed by atoms with Crippen molar-refractivity contribution in [1.29, 1.82) is 5.26 Å². The predicted molar refractivity (Wildman–Crippen MR) is 96.2 cm³/mol. The van der Waals surface area contributed by atoms with Crippen molar-refractivity contribution in [2.45, 2.75) is 6.42 Å². The van der Waals surface area contributed by atoms with Gasteiger partial charge in [-0.05, 0) is 53.1 Å². The Hall–Kier alpha value is -3.45. The number of rotatable bonds is 3. The lowest BCUT2D eigenvalue weighted by atomic mass is 10.0. The largest absolute Gasteiger partial charge is 0.339 e. The molecule has 0 aliphatic carbocycles. The molecule has 2 aromatic carbocycles. The molecule has 2 aromatic heterocycles. The average Bonchev–Trinajstić information content (AvgIpc) is 3.06. The van der Waals surface area contributed by atoms with E-state index in [-0.39, 0.29) is 5.82 Å². The number of nitrogens with one attached hydrogen (secondary N) is 1. The van der Waals surface area contributed by atoms with E-state index in [4.69, 9.17) is 5.26 Å². The van der Waals surface area contributed by atoms with Gasteiger partial charge in [0.2, 0.25) is 0 Å². The Morgan fingerprint density at radius 3 is 2.60 bits per heavy atom. The van der Waals surface area contributed by atoms with Crippen molar-refractivity contribution in [3.8, 4) is 28.5 Å². The second-order valence-electron chi connectivity index (χ2n) is 5.89. The third-order valence-electron chi connectivity index (χ3n) is 4.17. The molecule has 0 unspecified atom stereocenters. The van der Waals surface area contributed by atoms with Crippen LogP contribution >= 0.6 is 0 Å². The molecule has 1 N–H and O–H groups in total. The third kappa shape index (κ3) is 3.00. The first kappa shape index (κ1) is 15.1. The van der Waals surface area contributed by atoms with Crippen molar-refractivity contribution in [3.63, 3.8) is 0 Å². The Morgan fingerprint density at radius 1 is 0.960 bits per heavy atom. The van der Waals surface area contributed by atoms with Crippen LogP contribution in [0.5, 0.6) is 0 Å². The van der Waals surface area contributed by atoms with Crippen LogP contribution in [0.25, 0.3) is 33.4 Å². The number of fused-ring (bicyclic) bond motifs is 1. The molecule has 0 saturated carbocycles. The van der Waals surface area contributed by atoms with Crippen LogP contribution in [0.4, 0.5) is 4.39 Å². The Labute approximate surface area is 144 Å². The number of H-pyrrole nitrogens is 1. The number of hydrogen-bond donors (Lipinski definition) is 1. The fourth-order valence-electron chi connectivity index (χ4n) is 2.91. The standard InChI is InChI=1S/C21H14FN3/c22-19-6-4-15(5-7-19)20-12-17-11-18(13-24-21(17)25-20)16-3-1-2-14(10-16)8-9-23/h1-7,10-13H,8H2,(H,24,25). The molecule has 120 valence electrons. The molecule has 0 atom stereocenters. The summed E-state index contributed by atoms with van der Waals surface area (Å²) < 4.78 is 13.1. The zero-order valence-corrected chi connectivity index (χ0v) is 13.3. The molecule has 0 fully saturated rings. The third-order valence-corrected chi connectivity index (χ3v) is 4.17. The van der Waals surface area contributed by atoms with Gasteiger partial charge in [-0.15, -0.1) is 0 Å². The van der Waals surface area contributed by atoms with Crippen LogP contribution in [0, 0.1) is 17.1 Å². The summed E-state index contributed by atoms with van der Waals surface area (Å²) in [5.74, 6) is -0.252. The molecule has 0 saturated heterocycles. The van der Waals surface area contributed by atoms with Gasteiger partial charge in [0.05, 0.1) is 12.5 Å². The summed E-state index contributed by atoms with van der Waals surface area (Å²) in [6.07, 6.45) is 2.21. The van der Waals surface area contributed by atoms with E-state index in [1.165, 1.54) is 12.1 Å². The Bertz CT molecular complexity index is 1090. The van der Waals surface area contributed by atoms with E-state index >= 15 is 0 Å². The monoisotopic (exact) mass is 327 g/mol. The molecular formula is C21H14FN3. The Balaban J connectivity index is 1.74. The molecule has 0 spiro atoms. The highest BCUT2D eigenvalue weighted by molar-refractivity contribution is 5.86. The summed E-state index contributed by atoms with van der Waals surface area (Å²) in [4.78, 5) is 7.77. The maximum absolute atomic E-state index is 13.1. The summed E-state index contributed by atoms with van der Waals surface area (Å²) in [6, 6.07) is 20.5. The zero-order valence-electron chi connectivity index (χ0n) is 13.3. The number of benzene rings is 2. The number of aromatic amines is 1. The lowest BCUT2D eigenvalue weighted by Gasteiger charge is -2.03. The van der Waals surface area contributed by atoms with E-state index in [0.29, 0.717) is 6.42 Å². The predicted octanol–water partition coefficient (Wildman–Crippen LogP) is 5.10. The van der Waals surface area contributed by atoms with Crippen LogP contribution in [0.2, 0.25) is 0 Å². The topological polar surface area (TPSA) is 52.5 Å². The number of hydrogen-bond acceptors (Lipinski definition) is 2. The molecule has 2 heterocycles. The molecule has 0 aliphatic heterocycles. The SMILES string of the molecule is N#CCc1cccc(-c2cnc3[nH]c(-c4ccc(F)cc4)cc3c2)c1. The highest BCUT2D eigenvalue weighted by Crippen LogP contribution is 2.27. The van der Waals surface area contributed by atoms with Gasteiger partial charge in [-0.1, -0.05) is 24.3 Å². The summed E-state index contributed by atoms with van der Waals surface area (Å²) in [7, 11) is 0. The molecule has 4 heteroatoms. The van der Waals surface area contributed by atoms with Crippen molar-refractivity contribution in [2.75, 3.05) is 0 Å². The van der Waals surface area contributed by atoms with E-state index in [1.54, 1.807) is 12.1 Å². The second kappa shape index (κ2) is 6.21. The quantitative estimate of drug-likeness (QED) is 0.569. The van der Waals surface area contributed by atoms with Crippen LogP contribution in [0.3, 0.4) is 0 Å². The lowest BCUT2D eigenvalue weighted by Crippen LogP contribution is -1.85. The average molecular weight is 327 g/mol. The first-order valence-electron chi connectivity index (χ1n) is 7.94. The first-order valence-corrected chi connectivity index (χ1v) is 7.94. The van der Waals surface area contributed by atoms with Crippen LogP contribution in [-0.2, 0) is 6.42 Å². The highest BCUT2D eigenvalue weighted by Gasteiger charge is 2.07. The summed E-state index contributed by atoms with van der Waals surface area (Å²) in [5, 5.41) is 9.85. The van der Waals surface area contributed by atoms with E-state index in [1.807, 2.05) is 36.5 Å². The molecule has 0 bridgehead atoms. The van der Waals surface area contributed by atoms with Gasteiger partial charge in [0.15, 0.2) is 0 Å². The lowest BCUT2D eigenvalue weighted by molar-refractivity contribution is 0.628. The van der Waals surface area contributed by atoms with E-state index in [9.17, 15) is 4.39 Å². The normalized spacial score (nSPS) is 10.7. The van der Waals surface area contributed by atoms with Gasteiger partial charge < -0.3 is 4.98 Å². The van der Waals surface area contributed by atoms with Crippen LogP contribution < -0.4 is 0 Å². The van der Waals surface area contributed by atoms with Gasteiger partial charge in [-0.2, -0.15) is 5.26 Å². The minimum absolute atomic E-state index is 0.252. The van der Waals surface area contributed by atoms with E-state index in [2.05, 4.69) is 22.1 Å². The molecule has 4 rings (SSSR count). The smallest absolute Gasteiger partial charge is 0.137 e. The van der Waals surface area contributed by atoms with Crippen molar-refractivity contribution in [3.05, 3.63) is 78.2 Å². The molecule has 0 amide bonds. The van der Waals surface area contributed by atoms with Crippen molar-refractivity contribution < 1.29 is 4.39 Å². The summed E-state index contributed by atoms with van der Waals surface area (Å²) >= 11 is 0. The maximum atomic E-state index is 13.1. The van der Waals surface area contributed by atoms with E-state index < -0.39 is 0 Å². The van der Waals surface area contributed by atoms with Crippen molar-refractivity contribution in [1.82, 2.24) is 9.97 Å². The van der Waals surface area contributed by atoms with Crippen molar-refractivity contribution >= 4 is 11.0 Å². The van der Waals surface area contributed by atoms with Gasteiger partial charge in [-0.25, -0.2) is 9.37 Å². The van der Waals surface area contributed by atoms with Crippen LogP contribution in [0.15, 0.2) is 66.9 Å². The molecule has 3 nitrogen and oxygen atoms in total. The fraction of sp³-hybridized carbons (Fsp3) is 0.0476. The number of halogens is 1. The van der Waals surface area contributed by atoms with Gasteiger partial charge in [-0.3, -0.25) is 0 Å². The molecule has 0 aliphatic rings. The molecule has 0 radical (unpaired) electrons. The Kier molecular flexibility index (Phi) is 3.75. The molecule has 25 heavy (non-hydrogen) atoms. The second-order valence-corrected chi connectivity index (χ2v) is 5.89. The highest BCUT2D eigenvalue weighted by atomic mass is 19.1. The van der Waals surface area contributed by atoms with Crippen LogP contribution in [-0.4, -0.2) is 9.97 Å². The fourth-order valence-corrected chi connectivity index (χ4v) is 2.91. The maximum Gasteiger partial charge on any atom is 0.137 e. The zero-order chi connectivity index (χ0) is 17.2. The number of aromatic nitrogens is 2. The summed E-state index contributed by atoms with van der Waals surface area (Å²) in [6.45, 7) is 0. The number of pyridine rings is 1. The molecular weight excluding hydrogens is 313 g/mol. The van der Waals surface area contributed by atoms with Crippen molar-refractivity contribution in [2.24, 2.45) is 0 Å². The van der Waals surface area contributed by atoms with Gasteiger partial charge >= 0.3 is 0 Å². The van der Waals surface area contributed by atoms with E-state index in [0.717, 1.165) is 39.0 Å².